The zero-order valence-electron chi connectivity index (χ0n) is 9.98. The van der Waals surface area contributed by atoms with Crippen LogP contribution < -0.4 is 10.1 Å². The molecule has 1 aromatic rings. The predicted molar refractivity (Wildman–Crippen MR) is 64.3 cm³/mol. The number of phenolic OH excluding ortho intramolecular Hbond substituents is 1. The number of rotatable bonds is 8. The number of aliphatic hydroxyl groups is 1. The number of hydrogen-bond donors (Lipinski definition) is 3. The molecule has 0 unspecified atom stereocenters. The molecular weight excluding hydrogens is 222 g/mol. The van der Waals surface area contributed by atoms with Gasteiger partial charge in [-0.2, -0.15) is 0 Å². The molecule has 1 aromatic carbocycles. The molecule has 0 aliphatic heterocycles. The molecule has 0 amide bonds. The van der Waals surface area contributed by atoms with Crippen molar-refractivity contribution >= 4 is 0 Å². The van der Waals surface area contributed by atoms with Crippen molar-refractivity contribution in [3.63, 3.8) is 0 Å². The molecule has 0 heterocycles. The van der Waals surface area contributed by atoms with E-state index in [0.29, 0.717) is 32.1 Å². The van der Waals surface area contributed by atoms with Crippen molar-refractivity contribution in [3.8, 4) is 11.5 Å². The Morgan fingerprint density at radius 2 is 2.12 bits per heavy atom. The third-order valence-corrected chi connectivity index (χ3v) is 2.28. The van der Waals surface area contributed by atoms with Gasteiger partial charge < -0.3 is 25.0 Å². The number of phenols is 1. The Kier molecular flexibility index (Phi) is 6.39. The smallest absolute Gasteiger partial charge is 0.162 e. The van der Waals surface area contributed by atoms with Gasteiger partial charge in [0, 0.05) is 18.7 Å². The molecule has 0 aliphatic rings. The summed E-state index contributed by atoms with van der Waals surface area (Å²) in [4.78, 5) is 0. The van der Waals surface area contributed by atoms with Crippen molar-refractivity contribution in [3.05, 3.63) is 23.8 Å². The molecule has 17 heavy (non-hydrogen) atoms. The normalized spacial score (nSPS) is 10.5. The molecule has 0 atom stereocenters. The second-order valence-corrected chi connectivity index (χ2v) is 3.48. The Bertz CT molecular complexity index is 330. The number of benzene rings is 1. The van der Waals surface area contributed by atoms with Crippen LogP contribution in [0.3, 0.4) is 0 Å². The summed E-state index contributed by atoms with van der Waals surface area (Å²) in [6.07, 6.45) is 0. The van der Waals surface area contributed by atoms with E-state index >= 15 is 0 Å². The van der Waals surface area contributed by atoms with Crippen molar-refractivity contribution in [2.45, 2.75) is 6.54 Å². The highest BCUT2D eigenvalue weighted by atomic mass is 16.5. The first-order valence-corrected chi connectivity index (χ1v) is 5.53. The van der Waals surface area contributed by atoms with Crippen molar-refractivity contribution in [2.24, 2.45) is 0 Å². The van der Waals surface area contributed by atoms with Crippen molar-refractivity contribution < 1.29 is 19.7 Å². The zero-order chi connectivity index (χ0) is 12.5. The van der Waals surface area contributed by atoms with Gasteiger partial charge in [0.1, 0.15) is 0 Å². The lowest BCUT2D eigenvalue weighted by atomic mass is 10.2. The molecular formula is C12H19NO4. The van der Waals surface area contributed by atoms with Gasteiger partial charge in [0.15, 0.2) is 11.5 Å². The van der Waals surface area contributed by atoms with Gasteiger partial charge in [-0.3, -0.25) is 0 Å². The minimum Gasteiger partial charge on any atom is -0.504 e. The summed E-state index contributed by atoms with van der Waals surface area (Å²) in [5.41, 5.74) is 0.784. The van der Waals surface area contributed by atoms with E-state index < -0.39 is 0 Å². The maximum absolute atomic E-state index is 9.80. The zero-order valence-corrected chi connectivity index (χ0v) is 9.98. The number of ether oxygens (including phenoxy) is 2. The van der Waals surface area contributed by atoms with Crippen LogP contribution in [0.2, 0.25) is 0 Å². The first-order valence-electron chi connectivity index (χ1n) is 5.53. The van der Waals surface area contributed by atoms with Crippen LogP contribution in [0.5, 0.6) is 11.5 Å². The highest BCUT2D eigenvalue weighted by molar-refractivity contribution is 5.45. The molecule has 0 aromatic heterocycles. The maximum Gasteiger partial charge on any atom is 0.162 e. The Hall–Kier alpha value is -1.30. The van der Waals surface area contributed by atoms with Crippen LogP contribution >= 0.6 is 0 Å². The van der Waals surface area contributed by atoms with Crippen LogP contribution in [-0.4, -0.2) is 43.7 Å². The third kappa shape index (κ3) is 4.60. The lowest BCUT2D eigenvalue weighted by Gasteiger charge is -2.09. The van der Waals surface area contributed by atoms with Gasteiger partial charge in [0.2, 0.25) is 0 Å². The Labute approximate surface area is 101 Å². The standard InChI is InChI=1S/C12H19NO4/c1-16-11-4-2-3-10(12(11)15)9-13-5-7-17-8-6-14/h2-4,13-15H,5-9H2,1H3. The van der Waals surface area contributed by atoms with Gasteiger partial charge >= 0.3 is 0 Å². The Balaban J connectivity index is 2.31. The summed E-state index contributed by atoms with van der Waals surface area (Å²) >= 11 is 0. The fourth-order valence-corrected chi connectivity index (χ4v) is 1.41. The van der Waals surface area contributed by atoms with Gasteiger partial charge in [-0.15, -0.1) is 0 Å². The lowest BCUT2D eigenvalue weighted by Crippen LogP contribution is -2.20. The van der Waals surface area contributed by atoms with Crippen LogP contribution in [0.4, 0.5) is 0 Å². The number of nitrogens with one attached hydrogen (secondary N) is 1. The average Bonchev–Trinajstić information content (AvgIpc) is 2.35. The SMILES string of the molecule is COc1cccc(CNCCOCCO)c1O. The van der Waals surface area contributed by atoms with E-state index in [0.717, 1.165) is 5.56 Å². The van der Waals surface area contributed by atoms with E-state index in [1.165, 1.54) is 7.11 Å². The number of hydrogen-bond acceptors (Lipinski definition) is 5. The fourth-order valence-electron chi connectivity index (χ4n) is 1.41. The topological polar surface area (TPSA) is 71.0 Å². The molecule has 5 nitrogen and oxygen atoms in total. The van der Waals surface area contributed by atoms with E-state index in [-0.39, 0.29) is 12.4 Å². The van der Waals surface area contributed by atoms with E-state index in [1.54, 1.807) is 6.07 Å². The van der Waals surface area contributed by atoms with Gasteiger partial charge in [-0.05, 0) is 6.07 Å². The van der Waals surface area contributed by atoms with Gasteiger partial charge in [0.25, 0.3) is 0 Å². The second-order valence-electron chi connectivity index (χ2n) is 3.48. The molecule has 0 spiro atoms. The lowest BCUT2D eigenvalue weighted by molar-refractivity contribution is 0.0937. The van der Waals surface area contributed by atoms with Crippen molar-refractivity contribution in [2.75, 3.05) is 33.5 Å². The molecule has 5 heteroatoms. The van der Waals surface area contributed by atoms with E-state index in [4.69, 9.17) is 14.6 Å². The summed E-state index contributed by atoms with van der Waals surface area (Å²) in [6, 6.07) is 5.38. The minimum atomic E-state index is 0.0384. The predicted octanol–water partition coefficient (Wildman–Crippen LogP) is 0.499. The van der Waals surface area contributed by atoms with Crippen LogP contribution in [0.15, 0.2) is 18.2 Å². The van der Waals surface area contributed by atoms with Gasteiger partial charge in [-0.1, -0.05) is 12.1 Å². The Morgan fingerprint density at radius 1 is 1.29 bits per heavy atom. The molecule has 3 N–H and O–H groups in total. The molecule has 0 saturated carbocycles. The number of aromatic hydroxyl groups is 1. The van der Waals surface area contributed by atoms with Gasteiger partial charge in [-0.25, -0.2) is 0 Å². The van der Waals surface area contributed by atoms with Crippen LogP contribution in [0.25, 0.3) is 0 Å². The quantitative estimate of drug-likeness (QED) is 0.578. The summed E-state index contributed by atoms with van der Waals surface area (Å²) in [5, 5.41) is 21.4. The number of aliphatic hydroxyl groups excluding tert-OH is 1. The molecule has 96 valence electrons. The minimum absolute atomic E-state index is 0.0384. The maximum atomic E-state index is 9.80. The van der Waals surface area contributed by atoms with Crippen LogP contribution in [0.1, 0.15) is 5.56 Å². The largest absolute Gasteiger partial charge is 0.504 e. The highest BCUT2D eigenvalue weighted by Gasteiger charge is 2.05. The highest BCUT2D eigenvalue weighted by Crippen LogP contribution is 2.28. The summed E-state index contributed by atoms with van der Waals surface area (Å²) in [6.45, 7) is 2.14. The summed E-state index contributed by atoms with van der Waals surface area (Å²) < 4.78 is 10.1. The van der Waals surface area contributed by atoms with E-state index in [9.17, 15) is 5.11 Å². The van der Waals surface area contributed by atoms with E-state index in [1.807, 2.05) is 12.1 Å². The number of methoxy groups -OCH3 is 1. The van der Waals surface area contributed by atoms with Crippen molar-refractivity contribution in [1.29, 1.82) is 0 Å². The molecule has 1 rings (SSSR count). The second kappa shape index (κ2) is 7.89. The van der Waals surface area contributed by atoms with Crippen molar-refractivity contribution in [1.82, 2.24) is 5.32 Å². The van der Waals surface area contributed by atoms with Crippen LogP contribution in [0, 0.1) is 0 Å². The van der Waals surface area contributed by atoms with Gasteiger partial charge in [0.05, 0.1) is 26.9 Å². The molecule has 0 aliphatic carbocycles. The van der Waals surface area contributed by atoms with Crippen LogP contribution in [-0.2, 0) is 11.3 Å². The van der Waals surface area contributed by atoms with E-state index in [2.05, 4.69) is 5.32 Å². The first kappa shape index (κ1) is 13.8. The molecule has 0 bridgehead atoms. The molecule has 0 radical (unpaired) electrons. The molecule has 0 fully saturated rings. The number of para-hydroxylation sites is 1. The monoisotopic (exact) mass is 241 g/mol. The third-order valence-electron chi connectivity index (χ3n) is 2.28. The summed E-state index contributed by atoms with van der Waals surface area (Å²) in [5.74, 6) is 0.639. The molecule has 0 saturated heterocycles. The summed E-state index contributed by atoms with van der Waals surface area (Å²) in [7, 11) is 1.52. The Morgan fingerprint density at radius 3 is 2.82 bits per heavy atom. The average molecular weight is 241 g/mol. The fraction of sp³-hybridized carbons (Fsp3) is 0.500. The first-order chi connectivity index (χ1) is 8.29.